The predicted octanol–water partition coefficient (Wildman–Crippen LogP) is 7.76. The van der Waals surface area contributed by atoms with E-state index in [4.69, 9.17) is 0 Å². The van der Waals surface area contributed by atoms with Crippen LogP contribution in [-0.2, 0) is 4.79 Å². The summed E-state index contributed by atoms with van der Waals surface area (Å²) in [5.74, 6) is 3.19. The van der Waals surface area contributed by atoms with E-state index in [0.717, 1.165) is 11.5 Å². The molecular weight excluding hydrogens is 392 g/mol. The van der Waals surface area contributed by atoms with E-state index in [1.807, 2.05) is 0 Å². The molecule has 4 aliphatic carbocycles. The van der Waals surface area contributed by atoms with Gasteiger partial charge in [0.1, 0.15) is 0 Å². The molecule has 2 nitrogen and oxygen atoms in total. The lowest BCUT2D eigenvalue weighted by Gasteiger charge is -2.53. The summed E-state index contributed by atoms with van der Waals surface area (Å²) in [6.07, 6.45) is 21.5. The van der Waals surface area contributed by atoms with Gasteiger partial charge in [-0.05, 0) is 77.8 Å². The second-order valence-electron chi connectivity index (χ2n) is 11.9. The van der Waals surface area contributed by atoms with E-state index in [1.165, 1.54) is 31.3 Å². The second kappa shape index (κ2) is 8.50. The van der Waals surface area contributed by atoms with Crippen LogP contribution in [0.3, 0.4) is 0 Å². The van der Waals surface area contributed by atoms with Crippen LogP contribution in [0.5, 0.6) is 0 Å². The van der Waals surface area contributed by atoms with Crippen LogP contribution in [0.15, 0.2) is 59.3 Å². The summed E-state index contributed by atoms with van der Waals surface area (Å²) < 4.78 is 0. The first-order valence-corrected chi connectivity index (χ1v) is 12.8. The molecule has 0 bridgehead atoms. The van der Waals surface area contributed by atoms with Gasteiger partial charge in [-0.25, -0.2) is 0 Å². The van der Waals surface area contributed by atoms with E-state index in [9.17, 15) is 9.90 Å². The van der Waals surface area contributed by atoms with Crippen molar-refractivity contribution in [2.45, 2.75) is 73.6 Å². The van der Waals surface area contributed by atoms with Crippen LogP contribution < -0.4 is 0 Å². The second-order valence-corrected chi connectivity index (χ2v) is 11.9. The van der Waals surface area contributed by atoms with Gasteiger partial charge in [-0.3, -0.25) is 4.79 Å². The molecule has 32 heavy (non-hydrogen) atoms. The van der Waals surface area contributed by atoms with Gasteiger partial charge >= 0.3 is 5.97 Å². The zero-order chi connectivity index (χ0) is 23.3. The normalized spacial score (nSPS) is 37.8. The molecule has 0 aromatic carbocycles. The number of fused-ring (bicyclic) bond motifs is 5. The fraction of sp³-hybridized carbons (Fsp3) is 0.633. The maximum Gasteiger partial charge on any atom is 0.307 e. The van der Waals surface area contributed by atoms with E-state index >= 15 is 0 Å². The molecule has 0 heterocycles. The minimum Gasteiger partial charge on any atom is -0.481 e. The minimum absolute atomic E-state index is 0.00369. The smallest absolute Gasteiger partial charge is 0.307 e. The Morgan fingerprint density at radius 2 is 1.84 bits per heavy atom. The lowest BCUT2D eigenvalue weighted by atomic mass is 9.51. The number of rotatable bonds is 6. The molecule has 2 saturated carbocycles. The van der Waals surface area contributed by atoms with E-state index in [-0.39, 0.29) is 11.8 Å². The first-order chi connectivity index (χ1) is 15.1. The van der Waals surface area contributed by atoms with Gasteiger partial charge in [-0.2, -0.15) is 0 Å². The van der Waals surface area contributed by atoms with Gasteiger partial charge < -0.3 is 5.11 Å². The predicted molar refractivity (Wildman–Crippen MR) is 133 cm³/mol. The number of allylic oxidation sites excluding steroid dienone is 9. The van der Waals surface area contributed by atoms with Crippen LogP contribution in [0, 0.1) is 46.3 Å². The Morgan fingerprint density at radius 3 is 2.53 bits per heavy atom. The fourth-order valence-electron chi connectivity index (χ4n) is 7.28. The SMILES string of the molecule is CC(C)[C@@H](C)C=C[C@@H](C)[C@H]1CC[C@H]2C3=CC=C4C=C(CC(=O)O)C=C[C@]4(C)[C@H]3CC[C@]12C. The number of carbonyl (C=O) groups is 1. The van der Waals surface area contributed by atoms with Crippen LogP contribution in [-0.4, -0.2) is 11.1 Å². The summed E-state index contributed by atoms with van der Waals surface area (Å²) in [4.78, 5) is 11.2. The van der Waals surface area contributed by atoms with Gasteiger partial charge in [0.25, 0.3) is 0 Å². The van der Waals surface area contributed by atoms with Crippen molar-refractivity contribution in [3.63, 3.8) is 0 Å². The Balaban J connectivity index is 1.58. The third-order valence-corrected chi connectivity index (χ3v) is 9.73. The molecule has 0 unspecified atom stereocenters. The fourth-order valence-corrected chi connectivity index (χ4v) is 7.28. The first-order valence-electron chi connectivity index (χ1n) is 12.8. The Bertz CT molecular complexity index is 913. The van der Waals surface area contributed by atoms with Gasteiger partial charge in [0, 0.05) is 5.41 Å². The maximum atomic E-state index is 11.2. The van der Waals surface area contributed by atoms with Gasteiger partial charge in [-0.15, -0.1) is 0 Å². The molecule has 0 aliphatic heterocycles. The van der Waals surface area contributed by atoms with Crippen molar-refractivity contribution >= 4 is 5.97 Å². The largest absolute Gasteiger partial charge is 0.481 e. The zero-order valence-electron chi connectivity index (χ0n) is 20.9. The van der Waals surface area contributed by atoms with Crippen LogP contribution in [0.1, 0.15) is 73.6 Å². The third-order valence-electron chi connectivity index (χ3n) is 9.73. The quantitative estimate of drug-likeness (QED) is 0.434. The van der Waals surface area contributed by atoms with Crippen molar-refractivity contribution in [2.75, 3.05) is 0 Å². The number of carboxylic acids is 1. The van der Waals surface area contributed by atoms with Crippen molar-refractivity contribution in [2.24, 2.45) is 46.3 Å². The van der Waals surface area contributed by atoms with Gasteiger partial charge in [0.2, 0.25) is 0 Å². The molecule has 2 fully saturated rings. The molecule has 1 N–H and O–H groups in total. The maximum absolute atomic E-state index is 11.2. The number of hydrogen-bond acceptors (Lipinski definition) is 1. The van der Waals surface area contributed by atoms with Crippen molar-refractivity contribution in [1.82, 2.24) is 0 Å². The molecule has 174 valence electrons. The summed E-state index contributed by atoms with van der Waals surface area (Å²) >= 11 is 0. The van der Waals surface area contributed by atoms with Crippen molar-refractivity contribution < 1.29 is 9.90 Å². The number of aliphatic carboxylic acids is 1. The van der Waals surface area contributed by atoms with E-state index in [0.29, 0.717) is 35.0 Å². The summed E-state index contributed by atoms with van der Waals surface area (Å²) in [5.41, 5.74) is 4.26. The monoisotopic (exact) mass is 434 g/mol. The molecule has 0 aromatic rings. The van der Waals surface area contributed by atoms with Gasteiger partial charge in [0.15, 0.2) is 0 Å². The van der Waals surface area contributed by atoms with Gasteiger partial charge in [-0.1, -0.05) is 89.6 Å². The van der Waals surface area contributed by atoms with Crippen LogP contribution in [0.25, 0.3) is 0 Å². The Hall–Kier alpha value is -1.83. The molecule has 7 atom stereocenters. The summed E-state index contributed by atoms with van der Waals surface area (Å²) in [7, 11) is 0. The van der Waals surface area contributed by atoms with Crippen LogP contribution in [0.2, 0.25) is 0 Å². The highest BCUT2D eigenvalue weighted by molar-refractivity contribution is 5.72. The summed E-state index contributed by atoms with van der Waals surface area (Å²) in [5, 5.41) is 9.20. The highest BCUT2D eigenvalue weighted by Gasteiger charge is 2.56. The molecule has 0 aromatic heterocycles. The average molecular weight is 435 g/mol. The molecule has 0 amide bonds. The van der Waals surface area contributed by atoms with Crippen molar-refractivity contribution in [3.8, 4) is 0 Å². The molecule has 0 saturated heterocycles. The van der Waals surface area contributed by atoms with E-state index < -0.39 is 5.97 Å². The van der Waals surface area contributed by atoms with Crippen LogP contribution >= 0.6 is 0 Å². The minimum atomic E-state index is -0.756. The summed E-state index contributed by atoms with van der Waals surface area (Å²) in [6.45, 7) is 14.3. The average Bonchev–Trinajstić information content (AvgIpc) is 3.08. The van der Waals surface area contributed by atoms with Crippen LogP contribution in [0.4, 0.5) is 0 Å². The van der Waals surface area contributed by atoms with Gasteiger partial charge in [0.05, 0.1) is 6.42 Å². The molecule has 2 heteroatoms. The lowest BCUT2D eigenvalue weighted by Crippen LogP contribution is -2.44. The van der Waals surface area contributed by atoms with Crippen molar-refractivity contribution in [3.05, 3.63) is 59.3 Å². The Labute approximate surface area is 195 Å². The van der Waals surface area contributed by atoms with Crippen molar-refractivity contribution in [1.29, 1.82) is 0 Å². The summed E-state index contributed by atoms with van der Waals surface area (Å²) in [6, 6.07) is 0. The highest BCUT2D eigenvalue weighted by Crippen LogP contribution is 2.65. The number of hydrogen-bond donors (Lipinski definition) is 1. The third kappa shape index (κ3) is 3.88. The topological polar surface area (TPSA) is 37.3 Å². The molecule has 4 rings (SSSR count). The zero-order valence-corrected chi connectivity index (χ0v) is 20.9. The Kier molecular flexibility index (Phi) is 6.20. The highest BCUT2D eigenvalue weighted by atomic mass is 16.4. The Morgan fingerprint density at radius 1 is 1.09 bits per heavy atom. The first kappa shape index (κ1) is 23.3. The number of carboxylic acid groups (broad SMARTS) is 1. The molecule has 0 radical (unpaired) electrons. The molecule has 4 aliphatic rings. The standard InChI is InChI=1S/C30H42O2/c1-19(2)20(3)7-8-21(4)25-11-12-26-24-10-9-23-17-22(18-28(31)32)13-15-29(23,5)27(24)14-16-30(25,26)6/h7-10,13,15,17,19-21,25-27H,11-12,14,16,18H2,1-6H3,(H,31,32)/t20-,21+,25+,26-,27-,29-,30+/m0/s1. The molecular formula is C30H42O2. The van der Waals surface area contributed by atoms with E-state index in [1.54, 1.807) is 5.57 Å². The van der Waals surface area contributed by atoms with E-state index in [2.05, 4.69) is 84.1 Å². The molecule has 0 spiro atoms. The lowest BCUT2D eigenvalue weighted by molar-refractivity contribution is -0.136.